The number of rotatable bonds is 6. The predicted molar refractivity (Wildman–Crippen MR) is 114 cm³/mol. The van der Waals surface area contributed by atoms with Crippen molar-refractivity contribution < 1.29 is 14.7 Å². The number of hydrogen-bond acceptors (Lipinski definition) is 6. The van der Waals surface area contributed by atoms with Crippen molar-refractivity contribution in [1.82, 2.24) is 10.2 Å². The molecule has 0 spiro atoms. The summed E-state index contributed by atoms with van der Waals surface area (Å²) in [5, 5.41) is 22.7. The van der Waals surface area contributed by atoms with Crippen molar-refractivity contribution in [2.75, 3.05) is 24.9 Å². The van der Waals surface area contributed by atoms with E-state index in [1.165, 1.54) is 31.0 Å². The number of benzene rings is 1. The molecule has 2 aliphatic rings. The van der Waals surface area contributed by atoms with E-state index in [-0.39, 0.29) is 16.5 Å². The zero-order valence-electron chi connectivity index (χ0n) is 15.9. The molecule has 162 valence electrons. The highest BCUT2D eigenvalue weighted by molar-refractivity contribution is 6.68. The molecule has 0 saturated carbocycles. The SMILES string of the molecule is O=C(N[C@@H](OC[C@H]1CCCN2CCCC[C@H]12)C(Cl)(Cl)Cl)c1ccccc1N([O-])O. The smallest absolute Gasteiger partial charge is 0.255 e. The molecule has 0 aromatic heterocycles. The second-order valence-electron chi connectivity index (χ2n) is 7.52. The number of halogens is 3. The molecule has 0 aliphatic carbocycles. The van der Waals surface area contributed by atoms with Gasteiger partial charge in [-0.1, -0.05) is 53.4 Å². The van der Waals surface area contributed by atoms with E-state index in [1.54, 1.807) is 6.07 Å². The lowest BCUT2D eigenvalue weighted by molar-refractivity contribution is -0.0325. The fourth-order valence-electron chi connectivity index (χ4n) is 4.24. The van der Waals surface area contributed by atoms with Gasteiger partial charge in [0.05, 0.1) is 17.9 Å². The fourth-order valence-corrected chi connectivity index (χ4v) is 4.59. The molecule has 0 radical (unpaired) electrons. The van der Waals surface area contributed by atoms with E-state index >= 15 is 0 Å². The van der Waals surface area contributed by atoms with E-state index in [4.69, 9.17) is 39.5 Å². The molecule has 3 atom stereocenters. The van der Waals surface area contributed by atoms with Crippen molar-refractivity contribution in [1.29, 1.82) is 0 Å². The maximum Gasteiger partial charge on any atom is 0.255 e. The Morgan fingerprint density at radius 1 is 1.28 bits per heavy atom. The van der Waals surface area contributed by atoms with E-state index < -0.39 is 15.9 Å². The number of nitrogens with zero attached hydrogens (tertiary/aromatic N) is 2. The van der Waals surface area contributed by atoms with Crippen LogP contribution in [0.25, 0.3) is 0 Å². The van der Waals surface area contributed by atoms with Gasteiger partial charge in [-0.25, -0.2) is 0 Å². The number of para-hydroxylation sites is 1. The lowest BCUT2D eigenvalue weighted by Crippen LogP contribution is -2.51. The Kier molecular flexibility index (Phi) is 7.89. The molecule has 1 aromatic carbocycles. The monoisotopic (exact) mass is 464 g/mol. The minimum atomic E-state index is -1.90. The predicted octanol–water partition coefficient (Wildman–Crippen LogP) is 4.09. The van der Waals surface area contributed by atoms with Crippen LogP contribution >= 0.6 is 34.8 Å². The summed E-state index contributed by atoms with van der Waals surface area (Å²) in [4.78, 5) is 15.2. The van der Waals surface area contributed by atoms with Gasteiger partial charge in [-0.2, -0.15) is 0 Å². The first-order chi connectivity index (χ1) is 13.8. The number of anilines is 1. The molecule has 2 fully saturated rings. The number of carbonyl (C=O) groups is 1. The molecule has 2 N–H and O–H groups in total. The van der Waals surface area contributed by atoms with Gasteiger partial charge in [-0.05, 0) is 56.8 Å². The number of carbonyl (C=O) groups excluding carboxylic acids is 1. The molecule has 2 aliphatic heterocycles. The number of ether oxygens (including phenoxy) is 1. The van der Waals surface area contributed by atoms with Gasteiger partial charge < -0.3 is 25.4 Å². The largest absolute Gasteiger partial charge is 0.733 e. The zero-order chi connectivity index (χ0) is 21.0. The van der Waals surface area contributed by atoms with Gasteiger partial charge in [0.1, 0.15) is 0 Å². The van der Waals surface area contributed by atoms with Gasteiger partial charge in [0, 0.05) is 6.04 Å². The lowest BCUT2D eigenvalue weighted by Gasteiger charge is -2.44. The summed E-state index contributed by atoms with van der Waals surface area (Å²) >= 11 is 18.1. The number of fused-ring (bicyclic) bond motifs is 1. The highest BCUT2D eigenvalue weighted by atomic mass is 35.6. The van der Waals surface area contributed by atoms with E-state index in [1.807, 2.05) is 0 Å². The van der Waals surface area contributed by atoms with Gasteiger partial charge in [0.2, 0.25) is 3.79 Å². The van der Waals surface area contributed by atoms with Crippen molar-refractivity contribution in [3.63, 3.8) is 0 Å². The Labute approximate surface area is 185 Å². The first-order valence-electron chi connectivity index (χ1n) is 9.76. The lowest BCUT2D eigenvalue weighted by atomic mass is 9.84. The van der Waals surface area contributed by atoms with Crippen LogP contribution in [-0.2, 0) is 4.74 Å². The molecule has 0 unspecified atom stereocenters. The topological polar surface area (TPSA) is 88.1 Å². The van der Waals surface area contributed by atoms with Crippen LogP contribution in [0.15, 0.2) is 24.3 Å². The molecular formula is C19H25Cl3N3O4-. The summed E-state index contributed by atoms with van der Waals surface area (Å²) < 4.78 is 3.98. The molecule has 3 rings (SSSR count). The number of piperidine rings is 2. The van der Waals surface area contributed by atoms with Gasteiger partial charge in [-0.3, -0.25) is 10.0 Å². The Balaban J connectivity index is 1.67. The molecule has 2 saturated heterocycles. The van der Waals surface area contributed by atoms with Crippen molar-refractivity contribution in [2.24, 2.45) is 5.92 Å². The minimum Gasteiger partial charge on any atom is -0.733 e. The summed E-state index contributed by atoms with van der Waals surface area (Å²) in [6.07, 6.45) is 4.47. The number of alkyl halides is 3. The van der Waals surface area contributed by atoms with Crippen molar-refractivity contribution >= 4 is 46.4 Å². The van der Waals surface area contributed by atoms with E-state index in [0.29, 0.717) is 18.6 Å². The van der Waals surface area contributed by atoms with Crippen molar-refractivity contribution in [3.05, 3.63) is 35.0 Å². The minimum absolute atomic E-state index is 0.0519. The van der Waals surface area contributed by atoms with Crippen LogP contribution in [0.5, 0.6) is 0 Å². The van der Waals surface area contributed by atoms with Gasteiger partial charge in [-0.15, -0.1) is 0 Å². The quantitative estimate of drug-likeness (QED) is 0.374. The maximum absolute atomic E-state index is 12.7. The third-order valence-electron chi connectivity index (χ3n) is 5.62. The van der Waals surface area contributed by atoms with Crippen molar-refractivity contribution in [3.8, 4) is 0 Å². The van der Waals surface area contributed by atoms with E-state index in [0.717, 1.165) is 32.4 Å². The van der Waals surface area contributed by atoms with Crippen LogP contribution in [0.2, 0.25) is 0 Å². The van der Waals surface area contributed by atoms with Gasteiger partial charge in [0.15, 0.2) is 6.23 Å². The summed E-state index contributed by atoms with van der Waals surface area (Å²) in [5.41, 5.74) is -0.262. The van der Waals surface area contributed by atoms with E-state index in [2.05, 4.69) is 10.2 Å². The number of nitrogens with one attached hydrogen (secondary N) is 1. The third kappa shape index (κ3) is 5.88. The molecule has 2 heterocycles. The zero-order valence-corrected chi connectivity index (χ0v) is 18.2. The normalized spacial score (nSPS) is 23.9. The number of amides is 1. The molecular weight excluding hydrogens is 441 g/mol. The van der Waals surface area contributed by atoms with Crippen LogP contribution < -0.4 is 10.5 Å². The first-order valence-corrected chi connectivity index (χ1v) is 10.9. The average molecular weight is 466 g/mol. The Morgan fingerprint density at radius 3 is 2.72 bits per heavy atom. The van der Waals surface area contributed by atoms with Crippen LogP contribution in [0.1, 0.15) is 42.5 Å². The molecule has 7 nitrogen and oxygen atoms in total. The van der Waals surface area contributed by atoms with Crippen LogP contribution in [0.4, 0.5) is 5.69 Å². The summed E-state index contributed by atoms with van der Waals surface area (Å²) in [5.74, 6) is -0.382. The Hall–Kier alpha value is -0.800. The van der Waals surface area contributed by atoms with Crippen molar-refractivity contribution in [2.45, 2.75) is 48.2 Å². The average Bonchev–Trinajstić information content (AvgIpc) is 2.70. The van der Waals surface area contributed by atoms with E-state index in [9.17, 15) is 15.2 Å². The summed E-state index contributed by atoms with van der Waals surface area (Å²) in [7, 11) is 0. The molecule has 0 bridgehead atoms. The third-order valence-corrected chi connectivity index (χ3v) is 6.21. The molecule has 29 heavy (non-hydrogen) atoms. The summed E-state index contributed by atoms with van der Waals surface area (Å²) in [6.45, 7) is 2.57. The Morgan fingerprint density at radius 2 is 2.00 bits per heavy atom. The van der Waals surface area contributed by atoms with Gasteiger partial charge >= 0.3 is 0 Å². The van der Waals surface area contributed by atoms with Crippen LogP contribution in [0.3, 0.4) is 0 Å². The Bertz CT molecular complexity index is 700. The molecule has 1 aromatic rings. The highest BCUT2D eigenvalue weighted by Gasteiger charge is 2.38. The second kappa shape index (κ2) is 10.0. The first kappa shape index (κ1) is 22.9. The molecule has 1 amide bonds. The van der Waals surface area contributed by atoms with Crippen LogP contribution in [0, 0.1) is 11.1 Å². The molecule has 10 heteroatoms. The fraction of sp³-hybridized carbons (Fsp3) is 0.632. The highest BCUT2D eigenvalue weighted by Crippen LogP contribution is 2.35. The second-order valence-corrected chi connectivity index (χ2v) is 9.89. The summed E-state index contributed by atoms with van der Waals surface area (Å²) in [6, 6.07) is 6.24. The number of hydrogen-bond donors (Lipinski definition) is 2. The van der Waals surface area contributed by atoms with Crippen LogP contribution in [-0.4, -0.2) is 51.8 Å². The standard InChI is InChI=1S/C19H25Cl3N3O4/c20-19(21,22)18(23-17(26)14-7-1-2-9-16(14)25(27)28)29-12-13-6-5-11-24-10-4-3-8-15(13)24/h1-2,7,9,13,15,18,27H,3-6,8,10-12H2,(H,23,26)/q-1/t13-,15-,18+/m1/s1. The van der Waals surface area contributed by atoms with Gasteiger partial charge in [0.25, 0.3) is 5.91 Å². The maximum atomic E-state index is 12.7.